The van der Waals surface area contributed by atoms with Gasteiger partial charge in [0.2, 0.25) is 0 Å². The third kappa shape index (κ3) is 1.38. The van der Waals surface area contributed by atoms with Crippen molar-refractivity contribution in [3.63, 3.8) is 0 Å². The highest BCUT2D eigenvalue weighted by atomic mass is 32.1. The van der Waals surface area contributed by atoms with Crippen molar-refractivity contribution in [3.8, 4) is 0 Å². The number of carbonyl (C=O) groups excluding carboxylic acids is 1. The van der Waals surface area contributed by atoms with Gasteiger partial charge in [-0.2, -0.15) is 0 Å². The monoisotopic (exact) mass is 190 g/mol. The maximum atomic E-state index is 10.5. The first kappa shape index (κ1) is 8.45. The molecule has 1 aromatic carbocycles. The highest BCUT2D eigenvalue weighted by molar-refractivity contribution is 7.17. The van der Waals surface area contributed by atoms with Gasteiger partial charge in [-0.05, 0) is 34.9 Å². The van der Waals surface area contributed by atoms with E-state index in [9.17, 15) is 4.79 Å². The average Bonchev–Trinajstić information content (AvgIpc) is 2.50. The van der Waals surface area contributed by atoms with E-state index in [1.54, 1.807) is 11.3 Å². The summed E-state index contributed by atoms with van der Waals surface area (Å²) in [4.78, 5) is 10.5. The van der Waals surface area contributed by atoms with Gasteiger partial charge in [0.25, 0.3) is 0 Å². The van der Waals surface area contributed by atoms with Gasteiger partial charge < -0.3 is 4.79 Å². The van der Waals surface area contributed by atoms with Crippen LogP contribution >= 0.6 is 11.3 Å². The molecule has 0 fully saturated rings. The maximum absolute atomic E-state index is 10.5. The van der Waals surface area contributed by atoms with E-state index in [4.69, 9.17) is 0 Å². The van der Waals surface area contributed by atoms with Crippen LogP contribution in [0.15, 0.2) is 23.6 Å². The number of hydrogen-bond acceptors (Lipinski definition) is 2. The minimum absolute atomic E-state index is 0.523. The van der Waals surface area contributed by atoms with Gasteiger partial charge in [-0.1, -0.05) is 12.1 Å². The van der Waals surface area contributed by atoms with Crippen LogP contribution in [-0.4, -0.2) is 6.29 Å². The summed E-state index contributed by atoms with van der Waals surface area (Å²) in [5.74, 6) is 0. The van der Waals surface area contributed by atoms with Crippen molar-refractivity contribution in [2.75, 3.05) is 0 Å². The molecule has 0 N–H and O–H groups in total. The summed E-state index contributed by atoms with van der Waals surface area (Å²) in [7, 11) is 0. The van der Waals surface area contributed by atoms with Crippen LogP contribution in [0.5, 0.6) is 0 Å². The van der Waals surface area contributed by atoms with E-state index < -0.39 is 0 Å². The van der Waals surface area contributed by atoms with Crippen molar-refractivity contribution >= 4 is 27.7 Å². The molecule has 1 aromatic heterocycles. The Bertz CT molecular complexity index is 442. The molecular formula is C11H10OS. The van der Waals surface area contributed by atoms with Crippen LogP contribution in [-0.2, 0) is 11.2 Å². The standard InChI is InChI=1S/C11H10OS/c1-8-7-13-10-4-2-3-9(5-6-12)11(8)10/h2-4,6-7H,5H2,1H3. The van der Waals surface area contributed by atoms with Crippen molar-refractivity contribution in [1.29, 1.82) is 0 Å². The Morgan fingerprint density at radius 1 is 1.46 bits per heavy atom. The number of aryl methyl sites for hydroxylation is 1. The fourth-order valence-corrected chi connectivity index (χ4v) is 2.58. The summed E-state index contributed by atoms with van der Waals surface area (Å²) in [5.41, 5.74) is 2.42. The predicted molar refractivity (Wildman–Crippen MR) is 56.3 cm³/mol. The molecule has 0 saturated carbocycles. The van der Waals surface area contributed by atoms with E-state index in [0.29, 0.717) is 6.42 Å². The lowest BCUT2D eigenvalue weighted by molar-refractivity contribution is -0.107. The molecule has 0 spiro atoms. The number of aldehydes is 1. The molecule has 0 atom stereocenters. The van der Waals surface area contributed by atoms with E-state index in [1.807, 2.05) is 12.1 Å². The summed E-state index contributed by atoms with van der Waals surface area (Å²) >= 11 is 1.74. The zero-order valence-corrected chi connectivity index (χ0v) is 8.23. The molecule has 66 valence electrons. The molecule has 0 bridgehead atoms. The van der Waals surface area contributed by atoms with Crippen LogP contribution in [0, 0.1) is 6.92 Å². The van der Waals surface area contributed by atoms with Gasteiger partial charge in [0.05, 0.1) is 0 Å². The Hall–Kier alpha value is -1.15. The maximum Gasteiger partial charge on any atom is 0.124 e. The van der Waals surface area contributed by atoms with Crippen LogP contribution in [0.1, 0.15) is 11.1 Å². The third-order valence-electron chi connectivity index (χ3n) is 2.17. The third-order valence-corrected chi connectivity index (χ3v) is 3.24. The molecular weight excluding hydrogens is 180 g/mol. The number of hydrogen-bond donors (Lipinski definition) is 0. The highest BCUT2D eigenvalue weighted by Crippen LogP contribution is 2.28. The quantitative estimate of drug-likeness (QED) is 0.665. The molecule has 0 aliphatic heterocycles. The minimum atomic E-state index is 0.523. The van der Waals surface area contributed by atoms with E-state index >= 15 is 0 Å². The fourth-order valence-electron chi connectivity index (χ4n) is 1.59. The van der Waals surface area contributed by atoms with Crippen molar-refractivity contribution in [1.82, 2.24) is 0 Å². The highest BCUT2D eigenvalue weighted by Gasteiger charge is 2.04. The molecule has 2 rings (SSSR count). The first-order chi connectivity index (χ1) is 6.33. The molecule has 2 aromatic rings. The number of rotatable bonds is 2. The number of carbonyl (C=O) groups is 1. The lowest BCUT2D eigenvalue weighted by Gasteiger charge is -1.99. The van der Waals surface area contributed by atoms with Gasteiger partial charge in [0, 0.05) is 11.1 Å². The number of fused-ring (bicyclic) bond motifs is 1. The largest absolute Gasteiger partial charge is 0.303 e. The Labute approximate surface area is 81.0 Å². The Morgan fingerprint density at radius 2 is 2.31 bits per heavy atom. The summed E-state index contributed by atoms with van der Waals surface area (Å²) < 4.78 is 1.27. The van der Waals surface area contributed by atoms with E-state index in [-0.39, 0.29) is 0 Å². The molecule has 0 amide bonds. The van der Waals surface area contributed by atoms with E-state index in [2.05, 4.69) is 18.4 Å². The Kier molecular flexibility index (Phi) is 2.15. The topological polar surface area (TPSA) is 17.1 Å². The first-order valence-corrected chi connectivity index (χ1v) is 5.10. The van der Waals surface area contributed by atoms with Crippen molar-refractivity contribution < 1.29 is 4.79 Å². The second-order valence-corrected chi connectivity index (χ2v) is 3.99. The number of thiophene rings is 1. The SMILES string of the molecule is Cc1csc2cccc(CC=O)c12. The van der Waals surface area contributed by atoms with Gasteiger partial charge in [0.1, 0.15) is 6.29 Å². The van der Waals surface area contributed by atoms with Crippen molar-refractivity contribution in [3.05, 3.63) is 34.7 Å². The summed E-state index contributed by atoms with van der Waals surface area (Å²) in [6, 6.07) is 6.13. The second-order valence-electron chi connectivity index (χ2n) is 3.08. The van der Waals surface area contributed by atoms with Gasteiger partial charge >= 0.3 is 0 Å². The van der Waals surface area contributed by atoms with E-state index in [0.717, 1.165) is 11.8 Å². The van der Waals surface area contributed by atoms with E-state index in [1.165, 1.54) is 15.6 Å². The minimum Gasteiger partial charge on any atom is -0.303 e. The Morgan fingerprint density at radius 3 is 3.08 bits per heavy atom. The van der Waals surface area contributed by atoms with Crippen LogP contribution in [0.25, 0.3) is 10.1 Å². The van der Waals surface area contributed by atoms with Crippen molar-refractivity contribution in [2.24, 2.45) is 0 Å². The molecule has 0 aliphatic carbocycles. The zero-order valence-electron chi connectivity index (χ0n) is 7.41. The normalized spacial score (nSPS) is 10.5. The summed E-state index contributed by atoms with van der Waals surface area (Å²) in [5, 5.41) is 3.40. The van der Waals surface area contributed by atoms with Gasteiger partial charge in [-0.15, -0.1) is 11.3 Å². The lowest BCUT2D eigenvalue weighted by Crippen LogP contribution is -1.86. The average molecular weight is 190 g/mol. The van der Waals surface area contributed by atoms with Crippen molar-refractivity contribution in [2.45, 2.75) is 13.3 Å². The van der Waals surface area contributed by atoms with Gasteiger partial charge in [0.15, 0.2) is 0 Å². The molecule has 13 heavy (non-hydrogen) atoms. The van der Waals surface area contributed by atoms with Gasteiger partial charge in [-0.25, -0.2) is 0 Å². The molecule has 0 saturated heterocycles. The van der Waals surface area contributed by atoms with Crippen LogP contribution in [0.4, 0.5) is 0 Å². The molecule has 0 radical (unpaired) electrons. The van der Waals surface area contributed by atoms with Crippen LogP contribution in [0.2, 0.25) is 0 Å². The molecule has 1 heterocycles. The summed E-state index contributed by atoms with van der Waals surface area (Å²) in [6.07, 6.45) is 1.49. The first-order valence-electron chi connectivity index (χ1n) is 4.22. The zero-order chi connectivity index (χ0) is 9.26. The smallest absolute Gasteiger partial charge is 0.124 e. The van der Waals surface area contributed by atoms with Crippen LogP contribution in [0.3, 0.4) is 0 Å². The molecule has 2 heteroatoms. The lowest BCUT2D eigenvalue weighted by atomic mass is 10.1. The molecule has 0 aliphatic rings. The summed E-state index contributed by atoms with van der Waals surface area (Å²) in [6.45, 7) is 2.09. The molecule has 1 nitrogen and oxygen atoms in total. The Balaban J connectivity index is 2.72. The second kappa shape index (κ2) is 3.30. The predicted octanol–water partition coefficient (Wildman–Crippen LogP) is 2.95. The molecule has 0 unspecified atom stereocenters. The number of benzene rings is 1. The van der Waals surface area contributed by atoms with Gasteiger partial charge in [-0.3, -0.25) is 0 Å². The van der Waals surface area contributed by atoms with Crippen LogP contribution < -0.4 is 0 Å². The fraction of sp³-hybridized carbons (Fsp3) is 0.182.